The Bertz CT molecular complexity index is 1930. The maximum atomic E-state index is 13.3. The predicted molar refractivity (Wildman–Crippen MR) is 191 cm³/mol. The van der Waals surface area contributed by atoms with Crippen LogP contribution in [0, 0.1) is 0 Å². The fraction of sp³-hybridized carbons (Fsp3) is 0.275. The molecule has 1 saturated heterocycles. The molecule has 1 fully saturated rings. The lowest BCUT2D eigenvalue weighted by Crippen LogP contribution is -2.40. The summed E-state index contributed by atoms with van der Waals surface area (Å²) in [6.07, 6.45) is 5.72. The fourth-order valence-electron chi connectivity index (χ4n) is 6.87. The number of H-pyrrole nitrogens is 1. The van der Waals surface area contributed by atoms with Crippen molar-refractivity contribution in [2.24, 2.45) is 0 Å². The Kier molecular flexibility index (Phi) is 9.24. The summed E-state index contributed by atoms with van der Waals surface area (Å²) in [6, 6.07) is 37.6. The highest BCUT2D eigenvalue weighted by Crippen LogP contribution is 2.27. The second-order valence-electron chi connectivity index (χ2n) is 12.8. The first-order valence-corrected chi connectivity index (χ1v) is 16.7. The van der Waals surface area contributed by atoms with Gasteiger partial charge < -0.3 is 20.1 Å². The minimum atomic E-state index is 0.0673. The summed E-state index contributed by atoms with van der Waals surface area (Å²) in [5.74, 6) is 1.15. The van der Waals surface area contributed by atoms with Crippen molar-refractivity contribution in [3.05, 3.63) is 138 Å². The van der Waals surface area contributed by atoms with Crippen molar-refractivity contribution < 1.29 is 4.79 Å². The van der Waals surface area contributed by atoms with Gasteiger partial charge in [0, 0.05) is 62.5 Å². The molecule has 7 heteroatoms. The molecule has 0 saturated carbocycles. The molecule has 1 amide bonds. The van der Waals surface area contributed by atoms with Crippen LogP contribution in [0.4, 0.5) is 5.95 Å². The number of nitrogens with one attached hydrogen (secondary N) is 2. The van der Waals surface area contributed by atoms with E-state index in [1.807, 2.05) is 60.6 Å². The third-order valence-corrected chi connectivity index (χ3v) is 9.52. The van der Waals surface area contributed by atoms with Gasteiger partial charge in [-0.05, 0) is 78.0 Å². The highest BCUT2D eigenvalue weighted by molar-refractivity contribution is 5.94. The molecule has 0 spiro atoms. The number of likely N-dealkylation sites (tertiary alicyclic amines) is 1. The number of imidazole rings is 1. The number of nitrogens with zero attached hydrogens (tertiary/aromatic N) is 4. The summed E-state index contributed by atoms with van der Waals surface area (Å²) in [6.45, 7) is 3.75. The van der Waals surface area contributed by atoms with Crippen molar-refractivity contribution >= 4 is 33.7 Å². The number of piperidine rings is 1. The molecule has 1 aliphatic rings. The number of hydrogen-bond acceptors (Lipinski definition) is 5. The zero-order valence-electron chi connectivity index (χ0n) is 27.0. The average molecular weight is 623 g/mol. The maximum absolute atomic E-state index is 13.3. The van der Waals surface area contributed by atoms with Gasteiger partial charge in [-0.1, -0.05) is 78.9 Å². The maximum Gasteiger partial charge on any atom is 0.253 e. The summed E-state index contributed by atoms with van der Waals surface area (Å²) in [5, 5.41) is 6.18. The van der Waals surface area contributed by atoms with Crippen LogP contribution in [0.1, 0.15) is 52.4 Å². The first kappa shape index (κ1) is 30.6. The Balaban J connectivity index is 0.980. The van der Waals surface area contributed by atoms with Crippen LogP contribution in [0.3, 0.4) is 0 Å². The van der Waals surface area contributed by atoms with Crippen molar-refractivity contribution in [2.75, 3.05) is 38.5 Å². The molecule has 1 aliphatic heterocycles. The SMILES string of the molecule is CN(CC(CCN1CCC(Nc2nc3c(Cc4ccccn4)cccc3[nH]2)CC1)c1ccc2ccccc2c1)C(=O)c1ccccc1. The van der Waals surface area contributed by atoms with E-state index in [0.29, 0.717) is 12.6 Å². The summed E-state index contributed by atoms with van der Waals surface area (Å²) in [7, 11) is 1.93. The first-order chi connectivity index (χ1) is 23.1. The quantitative estimate of drug-likeness (QED) is 0.156. The van der Waals surface area contributed by atoms with Gasteiger partial charge in [0.2, 0.25) is 5.95 Å². The van der Waals surface area contributed by atoms with Crippen LogP contribution in [-0.2, 0) is 6.42 Å². The average Bonchev–Trinajstić information content (AvgIpc) is 3.54. The number of benzene rings is 4. The van der Waals surface area contributed by atoms with Gasteiger partial charge in [-0.15, -0.1) is 0 Å². The number of carbonyl (C=O) groups is 1. The minimum absolute atomic E-state index is 0.0673. The van der Waals surface area contributed by atoms with E-state index in [2.05, 4.69) is 86.9 Å². The highest BCUT2D eigenvalue weighted by atomic mass is 16.2. The van der Waals surface area contributed by atoms with E-state index in [9.17, 15) is 4.79 Å². The molecule has 238 valence electrons. The summed E-state index contributed by atoms with van der Waals surface area (Å²) < 4.78 is 0. The van der Waals surface area contributed by atoms with E-state index in [1.54, 1.807) is 0 Å². The third kappa shape index (κ3) is 7.36. The number of carbonyl (C=O) groups excluding carboxylic acids is 1. The van der Waals surface area contributed by atoms with E-state index in [4.69, 9.17) is 4.98 Å². The van der Waals surface area contributed by atoms with Gasteiger partial charge in [0.15, 0.2) is 0 Å². The second-order valence-corrected chi connectivity index (χ2v) is 12.8. The monoisotopic (exact) mass is 622 g/mol. The minimum Gasteiger partial charge on any atom is -0.353 e. The zero-order chi connectivity index (χ0) is 32.0. The lowest BCUT2D eigenvalue weighted by molar-refractivity contribution is 0.0782. The number of hydrogen-bond donors (Lipinski definition) is 2. The van der Waals surface area contributed by atoms with Crippen LogP contribution < -0.4 is 5.32 Å². The van der Waals surface area contributed by atoms with Crippen molar-refractivity contribution in [3.63, 3.8) is 0 Å². The number of aromatic amines is 1. The standard InChI is InChI=1S/C40H42N6O/c1-45(39(47)30-11-3-2-4-12-30)28-34(32-18-17-29-10-5-6-13-31(29)26-32)19-23-46-24-20-35(21-25-46)42-40-43-37-16-9-14-33(38(37)44-40)27-36-15-7-8-22-41-36/h2-18,22,26,34-35H,19-21,23-25,27-28H2,1H3,(H2,42,43,44). The van der Waals surface area contributed by atoms with Gasteiger partial charge in [0.1, 0.15) is 0 Å². The molecule has 2 aromatic heterocycles. The normalized spacial score (nSPS) is 14.7. The topological polar surface area (TPSA) is 77.2 Å². The highest BCUT2D eigenvalue weighted by Gasteiger charge is 2.24. The number of aromatic nitrogens is 3. The van der Waals surface area contributed by atoms with Crippen LogP contribution >= 0.6 is 0 Å². The van der Waals surface area contributed by atoms with E-state index in [0.717, 1.165) is 73.6 Å². The summed E-state index contributed by atoms with van der Waals surface area (Å²) >= 11 is 0. The molecule has 7 nitrogen and oxygen atoms in total. The van der Waals surface area contributed by atoms with Crippen LogP contribution in [0.15, 0.2) is 115 Å². The van der Waals surface area contributed by atoms with Crippen molar-refractivity contribution in [2.45, 2.75) is 37.6 Å². The third-order valence-electron chi connectivity index (χ3n) is 9.52. The molecular weight excluding hydrogens is 580 g/mol. The number of para-hydroxylation sites is 1. The molecule has 7 rings (SSSR count). The molecule has 1 atom stereocenters. The molecule has 4 aromatic carbocycles. The molecule has 47 heavy (non-hydrogen) atoms. The van der Waals surface area contributed by atoms with Crippen LogP contribution in [0.5, 0.6) is 0 Å². The van der Waals surface area contributed by atoms with Crippen LogP contribution in [0.2, 0.25) is 0 Å². The van der Waals surface area contributed by atoms with Crippen molar-refractivity contribution in [1.82, 2.24) is 24.8 Å². The number of fused-ring (bicyclic) bond motifs is 2. The largest absolute Gasteiger partial charge is 0.353 e. The summed E-state index contributed by atoms with van der Waals surface area (Å²) in [4.78, 5) is 30.7. The Hall–Kier alpha value is -5.01. The van der Waals surface area contributed by atoms with Gasteiger partial charge in [-0.3, -0.25) is 9.78 Å². The van der Waals surface area contributed by atoms with Crippen LogP contribution in [-0.4, -0.2) is 69.9 Å². The molecule has 3 heterocycles. The number of amides is 1. The molecule has 0 radical (unpaired) electrons. The van der Waals surface area contributed by atoms with Crippen LogP contribution in [0.25, 0.3) is 21.8 Å². The van der Waals surface area contributed by atoms with Crippen molar-refractivity contribution in [1.29, 1.82) is 0 Å². The van der Waals surface area contributed by atoms with E-state index < -0.39 is 0 Å². The Morgan fingerprint density at radius 2 is 1.70 bits per heavy atom. The van der Waals surface area contributed by atoms with Crippen molar-refractivity contribution in [3.8, 4) is 0 Å². The Morgan fingerprint density at radius 1 is 0.915 bits per heavy atom. The second kappa shape index (κ2) is 14.2. The van der Waals surface area contributed by atoms with Gasteiger partial charge in [-0.2, -0.15) is 0 Å². The lowest BCUT2D eigenvalue weighted by atomic mass is 9.92. The summed E-state index contributed by atoms with van der Waals surface area (Å²) in [5.41, 5.74) is 6.30. The molecular formula is C40H42N6O. The van der Waals surface area contributed by atoms with E-state index in [1.165, 1.54) is 21.9 Å². The smallest absolute Gasteiger partial charge is 0.253 e. The molecule has 2 N–H and O–H groups in total. The molecule has 0 bridgehead atoms. The molecule has 6 aromatic rings. The number of pyridine rings is 1. The Labute approximate surface area is 276 Å². The van der Waals surface area contributed by atoms with E-state index in [-0.39, 0.29) is 11.8 Å². The van der Waals surface area contributed by atoms with Gasteiger partial charge in [0.25, 0.3) is 5.91 Å². The van der Waals surface area contributed by atoms with Gasteiger partial charge in [0.05, 0.1) is 11.0 Å². The lowest BCUT2D eigenvalue weighted by Gasteiger charge is -2.34. The molecule has 0 aliphatic carbocycles. The number of anilines is 1. The predicted octanol–water partition coefficient (Wildman–Crippen LogP) is 7.52. The van der Waals surface area contributed by atoms with Gasteiger partial charge >= 0.3 is 0 Å². The van der Waals surface area contributed by atoms with E-state index >= 15 is 0 Å². The Morgan fingerprint density at radius 3 is 2.51 bits per heavy atom. The number of likely N-dealkylation sites (N-methyl/N-ethyl adjacent to an activating group) is 1. The fourth-order valence-corrected chi connectivity index (χ4v) is 6.87. The first-order valence-electron chi connectivity index (χ1n) is 16.7. The number of rotatable bonds is 11. The van der Waals surface area contributed by atoms with Gasteiger partial charge in [-0.25, -0.2) is 4.98 Å². The zero-order valence-corrected chi connectivity index (χ0v) is 27.0. The molecule has 1 unspecified atom stereocenters.